The molecule has 3 aliphatic rings. The van der Waals surface area contributed by atoms with Gasteiger partial charge < -0.3 is 15.7 Å². The molecular weight excluding hydrogens is 407 g/mol. The number of alkyl halides is 4. The van der Waals surface area contributed by atoms with E-state index in [0.29, 0.717) is 6.42 Å². The lowest BCUT2D eigenvalue weighted by Gasteiger charge is -2.37. The van der Waals surface area contributed by atoms with Crippen LogP contribution in [0, 0.1) is 0 Å². The van der Waals surface area contributed by atoms with E-state index in [1.807, 2.05) is 0 Å². The summed E-state index contributed by atoms with van der Waals surface area (Å²) in [5, 5.41) is 15.2. The van der Waals surface area contributed by atoms with Crippen LogP contribution in [-0.2, 0) is 0 Å². The van der Waals surface area contributed by atoms with Gasteiger partial charge in [0, 0.05) is 43.3 Å². The van der Waals surface area contributed by atoms with Crippen molar-refractivity contribution in [3.63, 3.8) is 0 Å². The zero-order valence-corrected chi connectivity index (χ0v) is 16.7. The maximum absolute atomic E-state index is 14.9. The minimum atomic E-state index is -2.75. The van der Waals surface area contributed by atoms with E-state index in [0.717, 1.165) is 0 Å². The number of nitrogens with one attached hydrogen (secondary N) is 2. The van der Waals surface area contributed by atoms with Gasteiger partial charge in [0.2, 0.25) is 11.9 Å². The molecule has 0 radical (unpaired) electrons. The van der Waals surface area contributed by atoms with E-state index >= 15 is 0 Å². The third kappa shape index (κ3) is 4.26. The van der Waals surface area contributed by atoms with Gasteiger partial charge in [-0.25, -0.2) is 22.0 Å². The van der Waals surface area contributed by atoms with E-state index < -0.39 is 41.1 Å². The van der Waals surface area contributed by atoms with E-state index in [1.54, 1.807) is 15.7 Å². The number of nitrogens with zero attached hydrogens (tertiary/aromatic N) is 3. The Hall–Kier alpha value is -1.91. The molecule has 1 aromatic rings. The van der Waals surface area contributed by atoms with Crippen LogP contribution in [0.5, 0.6) is 0 Å². The summed E-state index contributed by atoms with van der Waals surface area (Å²) in [5.41, 5.74) is 0.105. The molecule has 3 aliphatic carbocycles. The fourth-order valence-corrected chi connectivity index (χ4v) is 3.96. The molecule has 1 heterocycles. The molecule has 0 aliphatic heterocycles. The summed E-state index contributed by atoms with van der Waals surface area (Å²) in [5.74, 6) is -6.36. The zero-order valence-electron chi connectivity index (χ0n) is 16.7. The van der Waals surface area contributed by atoms with Crippen LogP contribution < -0.4 is 10.6 Å². The molecule has 1 unspecified atom stereocenters. The third-order valence-electron chi connectivity index (χ3n) is 6.04. The fourth-order valence-electron chi connectivity index (χ4n) is 3.96. The normalized spacial score (nSPS) is 27.9. The van der Waals surface area contributed by atoms with Crippen LogP contribution in [0.25, 0.3) is 5.57 Å². The monoisotopic (exact) mass is 429 g/mol. The number of anilines is 2. The second-order valence-electron chi connectivity index (χ2n) is 9.23. The highest BCUT2D eigenvalue weighted by molar-refractivity contribution is 6.40. The van der Waals surface area contributed by atoms with Gasteiger partial charge in [-0.1, -0.05) is 11.6 Å². The quantitative estimate of drug-likeness (QED) is 0.487. The Morgan fingerprint density at radius 3 is 1.77 bits per heavy atom. The van der Waals surface area contributed by atoms with Crippen molar-refractivity contribution in [2.75, 3.05) is 10.6 Å². The number of halogens is 5. The number of allylic oxidation sites excluding steroid dienone is 1. The molecule has 0 amide bonds. The summed E-state index contributed by atoms with van der Waals surface area (Å²) in [6.07, 6.45) is -2.10. The number of aliphatic hydroxyl groups is 1. The molecule has 3 N–H and O–H groups in total. The van der Waals surface area contributed by atoms with Gasteiger partial charge in [-0.15, -0.1) is 0 Å². The molecule has 0 spiro atoms. The first-order valence-electron chi connectivity index (χ1n) is 9.95. The van der Waals surface area contributed by atoms with E-state index in [2.05, 4.69) is 25.6 Å². The van der Waals surface area contributed by atoms with Gasteiger partial charge in [-0.2, -0.15) is 15.0 Å². The Balaban J connectivity index is 1.61. The van der Waals surface area contributed by atoms with Gasteiger partial charge in [-0.05, 0) is 6.42 Å². The van der Waals surface area contributed by atoms with Crippen molar-refractivity contribution in [2.24, 2.45) is 0 Å². The number of rotatable bonds is 5. The summed E-state index contributed by atoms with van der Waals surface area (Å²) in [4.78, 5) is 12.4. The van der Waals surface area contributed by atoms with Crippen molar-refractivity contribution in [2.45, 2.75) is 73.8 Å². The molecule has 1 aromatic heterocycles. The maximum Gasteiger partial charge on any atom is 0.252 e. The molecule has 30 heavy (non-hydrogen) atoms. The highest BCUT2D eigenvalue weighted by Gasteiger charge is 2.47. The van der Waals surface area contributed by atoms with Crippen LogP contribution in [0.3, 0.4) is 0 Å². The summed E-state index contributed by atoms with van der Waals surface area (Å²) < 4.78 is 67.4. The predicted molar refractivity (Wildman–Crippen MR) is 106 cm³/mol. The molecule has 2 fully saturated rings. The summed E-state index contributed by atoms with van der Waals surface area (Å²) in [6, 6.07) is -1.10. The van der Waals surface area contributed by atoms with Gasteiger partial charge in [-0.3, -0.25) is 0 Å². The lowest BCUT2D eigenvalue weighted by Crippen LogP contribution is -2.45. The Labute approximate surface area is 172 Å². The average molecular weight is 429 g/mol. The summed E-state index contributed by atoms with van der Waals surface area (Å²) in [7, 11) is 3.49. The van der Waals surface area contributed by atoms with Crippen molar-refractivity contribution in [1.82, 2.24) is 15.0 Å². The molecule has 0 saturated heterocycles. The van der Waals surface area contributed by atoms with Crippen LogP contribution in [-0.4, -0.2) is 65.8 Å². The first-order valence-corrected chi connectivity index (χ1v) is 9.95. The van der Waals surface area contributed by atoms with E-state index in [4.69, 9.17) is 0 Å². The second-order valence-corrected chi connectivity index (χ2v) is 9.23. The van der Waals surface area contributed by atoms with Crippen LogP contribution in [0.1, 0.15) is 44.3 Å². The third-order valence-corrected chi connectivity index (χ3v) is 6.04. The molecule has 13 heteroatoms. The van der Waals surface area contributed by atoms with E-state index in [-0.39, 0.29) is 55.4 Å². The number of hydrogen-bond acceptors (Lipinski definition) is 6. The van der Waals surface area contributed by atoms with Crippen molar-refractivity contribution >= 4 is 33.2 Å². The Bertz CT molecular complexity index is 824. The molecule has 4 rings (SSSR count). The minimum absolute atomic E-state index is 0.0336. The first kappa shape index (κ1) is 21.3. The summed E-state index contributed by atoms with van der Waals surface area (Å²) >= 11 is 0. The molecule has 0 aromatic carbocycles. The van der Waals surface area contributed by atoms with Crippen molar-refractivity contribution in [3.05, 3.63) is 11.7 Å². The Morgan fingerprint density at radius 1 is 0.867 bits per heavy atom. The number of hydrogen-bond donors (Lipinski definition) is 3. The van der Waals surface area contributed by atoms with Crippen LogP contribution >= 0.6 is 0 Å². The highest BCUT2D eigenvalue weighted by Crippen LogP contribution is 2.44. The van der Waals surface area contributed by atoms with Crippen molar-refractivity contribution < 1.29 is 27.1 Å². The average Bonchev–Trinajstić information content (AvgIpc) is 2.56. The molecule has 1 atom stereocenters. The molecule has 2 saturated carbocycles. The van der Waals surface area contributed by atoms with Crippen molar-refractivity contribution in [1.29, 1.82) is 0 Å². The molecular formula is C17H22B2F5N5O. The second kappa shape index (κ2) is 7.06. The van der Waals surface area contributed by atoms with Gasteiger partial charge in [0.15, 0.2) is 5.82 Å². The number of aromatic nitrogens is 3. The SMILES string of the molecule is BC1(B)CCC(c2nc(NC3CC(F)(F)C3)nc(NC3CC(F)(F)C3)n2)=C(F)C1O. The van der Waals surface area contributed by atoms with Gasteiger partial charge >= 0.3 is 0 Å². The predicted octanol–water partition coefficient (Wildman–Crippen LogP) is 1.51. The fraction of sp³-hybridized carbons (Fsp3) is 0.706. The summed E-state index contributed by atoms with van der Waals surface area (Å²) in [6.45, 7) is 0. The van der Waals surface area contributed by atoms with Crippen LogP contribution in [0.4, 0.5) is 33.8 Å². The van der Waals surface area contributed by atoms with Gasteiger partial charge in [0.1, 0.15) is 21.5 Å². The largest absolute Gasteiger partial charge is 0.387 e. The Morgan fingerprint density at radius 2 is 1.33 bits per heavy atom. The lowest BCUT2D eigenvalue weighted by atomic mass is 9.47. The van der Waals surface area contributed by atoms with Crippen LogP contribution in [0.15, 0.2) is 5.83 Å². The minimum Gasteiger partial charge on any atom is -0.387 e. The molecule has 162 valence electrons. The smallest absolute Gasteiger partial charge is 0.252 e. The highest BCUT2D eigenvalue weighted by atomic mass is 19.3. The molecule has 6 nitrogen and oxygen atoms in total. The van der Waals surface area contributed by atoms with Crippen molar-refractivity contribution in [3.8, 4) is 0 Å². The zero-order chi connectivity index (χ0) is 21.9. The molecule has 0 bridgehead atoms. The number of aliphatic hydroxyl groups excluding tert-OH is 1. The topological polar surface area (TPSA) is 83.0 Å². The van der Waals surface area contributed by atoms with Gasteiger partial charge in [0.25, 0.3) is 11.8 Å². The van der Waals surface area contributed by atoms with Crippen LogP contribution in [0.2, 0.25) is 5.21 Å². The Kier molecular flexibility index (Phi) is 5.02. The van der Waals surface area contributed by atoms with E-state index in [9.17, 15) is 27.1 Å². The maximum atomic E-state index is 14.9. The first-order chi connectivity index (χ1) is 13.8. The lowest BCUT2D eigenvalue weighted by molar-refractivity contribution is -0.0799. The van der Waals surface area contributed by atoms with Gasteiger partial charge in [0.05, 0.1) is 6.10 Å². The van der Waals surface area contributed by atoms with E-state index in [1.165, 1.54) is 0 Å². The standard InChI is InChI=1S/C17H22B2F5N5O/c18-17(19)2-1-9(10(20)11(17)30)12-27-13(25-7-3-15(21,22)4-7)29-14(28-12)26-8-5-16(23,24)6-8/h7-8,11,30H,1-6,18-19H2,(H2,25,26,27,28,29).